The summed E-state index contributed by atoms with van der Waals surface area (Å²) in [7, 11) is 1.65. The highest BCUT2D eigenvalue weighted by Crippen LogP contribution is 2.17. The lowest BCUT2D eigenvalue weighted by atomic mass is 10.4. The Hall–Kier alpha value is -0.760. The van der Waals surface area contributed by atoms with Crippen LogP contribution in [0.1, 0.15) is 18.9 Å². The largest absolute Gasteiger partial charge is 0.466 e. The Morgan fingerprint density at radius 2 is 1.94 bits per heavy atom. The van der Waals surface area contributed by atoms with Gasteiger partial charge in [-0.3, -0.25) is 0 Å². The predicted molar refractivity (Wildman–Crippen MR) is 70.1 cm³/mol. The molecule has 0 amide bonds. The van der Waals surface area contributed by atoms with E-state index < -0.39 is 0 Å². The van der Waals surface area contributed by atoms with Crippen LogP contribution < -0.4 is 10.1 Å². The minimum atomic E-state index is 0.437. The third-order valence-corrected chi connectivity index (χ3v) is 2.83. The molecule has 1 heterocycles. The number of hydrogen-bond donors (Lipinski definition) is 1. The van der Waals surface area contributed by atoms with Crippen LogP contribution in [0.25, 0.3) is 0 Å². The van der Waals surface area contributed by atoms with Crippen LogP contribution in [-0.2, 0) is 16.0 Å². The summed E-state index contributed by atoms with van der Waals surface area (Å²) in [4.78, 5) is 0. The number of aromatic nitrogens is 2. The maximum Gasteiger partial charge on any atom is 0.294 e. The zero-order chi connectivity index (χ0) is 13.2. The minimum Gasteiger partial charge on any atom is -0.466 e. The van der Waals surface area contributed by atoms with E-state index in [4.69, 9.17) is 14.2 Å². The summed E-state index contributed by atoms with van der Waals surface area (Å²) in [5, 5.41) is 12.8. The molecule has 1 aromatic heterocycles. The van der Waals surface area contributed by atoms with Gasteiger partial charge in [-0.25, -0.2) is 0 Å². The van der Waals surface area contributed by atoms with Gasteiger partial charge in [0.25, 0.3) is 5.19 Å². The summed E-state index contributed by atoms with van der Waals surface area (Å²) < 4.78 is 15.6. The van der Waals surface area contributed by atoms with E-state index in [0.717, 1.165) is 11.6 Å². The van der Waals surface area contributed by atoms with Crippen molar-refractivity contribution in [3.05, 3.63) is 5.01 Å². The average Bonchev–Trinajstić information content (AvgIpc) is 2.79. The predicted octanol–water partition coefficient (Wildman–Crippen LogP) is 1.08. The van der Waals surface area contributed by atoms with Crippen LogP contribution in [0.15, 0.2) is 0 Å². The molecule has 0 radical (unpaired) electrons. The van der Waals surface area contributed by atoms with Crippen LogP contribution in [0, 0.1) is 0 Å². The van der Waals surface area contributed by atoms with E-state index >= 15 is 0 Å². The molecule has 6 nitrogen and oxygen atoms in total. The topological polar surface area (TPSA) is 65.5 Å². The van der Waals surface area contributed by atoms with Gasteiger partial charge in [-0.1, -0.05) is 25.2 Å². The third-order valence-electron chi connectivity index (χ3n) is 1.99. The molecule has 104 valence electrons. The number of nitrogens with one attached hydrogen (secondary N) is 1. The molecule has 0 aliphatic carbocycles. The number of nitrogens with zero attached hydrogens (tertiary/aromatic N) is 2. The molecule has 0 aliphatic rings. The van der Waals surface area contributed by atoms with Gasteiger partial charge in [0.15, 0.2) is 0 Å². The molecule has 0 saturated heterocycles. The summed E-state index contributed by atoms with van der Waals surface area (Å²) in [6.45, 7) is 7.11. The van der Waals surface area contributed by atoms with Crippen molar-refractivity contribution < 1.29 is 14.2 Å². The van der Waals surface area contributed by atoms with E-state index in [2.05, 4.69) is 29.4 Å². The van der Waals surface area contributed by atoms with Gasteiger partial charge in [0.2, 0.25) is 0 Å². The Labute approximate surface area is 112 Å². The lowest BCUT2D eigenvalue weighted by Gasteiger charge is -2.04. The van der Waals surface area contributed by atoms with E-state index in [0.29, 0.717) is 37.7 Å². The Morgan fingerprint density at radius 1 is 1.17 bits per heavy atom. The van der Waals surface area contributed by atoms with Gasteiger partial charge in [-0.15, -0.1) is 10.2 Å². The van der Waals surface area contributed by atoms with E-state index in [1.807, 2.05) is 0 Å². The zero-order valence-corrected chi connectivity index (χ0v) is 12.0. The lowest BCUT2D eigenvalue weighted by Crippen LogP contribution is -2.21. The first-order valence-electron chi connectivity index (χ1n) is 5.97. The molecular formula is C11H21N3O3S. The zero-order valence-electron chi connectivity index (χ0n) is 11.1. The summed E-state index contributed by atoms with van der Waals surface area (Å²) in [6, 6.07) is 0.437. The Morgan fingerprint density at radius 3 is 2.67 bits per heavy atom. The van der Waals surface area contributed by atoms with Gasteiger partial charge in [0, 0.05) is 13.2 Å². The summed E-state index contributed by atoms with van der Waals surface area (Å²) >= 11 is 1.46. The molecule has 1 rings (SSSR count). The van der Waals surface area contributed by atoms with E-state index in [9.17, 15) is 0 Å². The smallest absolute Gasteiger partial charge is 0.294 e. The standard InChI is InChI=1S/C11H21N3O3S/c1-9(2)12-8-10-13-14-11(18-10)17-7-6-16-5-4-15-3/h9,12H,4-8H2,1-3H3. The van der Waals surface area contributed by atoms with Crippen LogP contribution in [0.3, 0.4) is 0 Å². The molecule has 0 aliphatic heterocycles. The van der Waals surface area contributed by atoms with Gasteiger partial charge in [0.05, 0.1) is 26.4 Å². The summed E-state index contributed by atoms with van der Waals surface area (Å²) in [5.41, 5.74) is 0. The van der Waals surface area contributed by atoms with Crippen LogP contribution in [0.4, 0.5) is 0 Å². The molecule has 1 aromatic rings. The first-order chi connectivity index (χ1) is 8.72. The van der Waals surface area contributed by atoms with Crippen molar-refractivity contribution >= 4 is 11.3 Å². The summed E-state index contributed by atoms with van der Waals surface area (Å²) in [6.07, 6.45) is 0. The Balaban J connectivity index is 2.11. The average molecular weight is 275 g/mol. The van der Waals surface area contributed by atoms with Crippen LogP contribution in [0.2, 0.25) is 0 Å². The third kappa shape index (κ3) is 6.85. The van der Waals surface area contributed by atoms with Crippen molar-refractivity contribution in [3.8, 4) is 5.19 Å². The molecule has 0 atom stereocenters. The SMILES string of the molecule is COCCOCCOc1nnc(CNC(C)C)s1. The molecule has 0 unspecified atom stereocenters. The van der Waals surface area contributed by atoms with Crippen molar-refractivity contribution in [1.29, 1.82) is 0 Å². The van der Waals surface area contributed by atoms with E-state index in [-0.39, 0.29) is 0 Å². The van der Waals surface area contributed by atoms with Gasteiger partial charge in [-0.05, 0) is 0 Å². The lowest BCUT2D eigenvalue weighted by molar-refractivity contribution is 0.0543. The molecule has 0 fully saturated rings. The second kappa shape index (κ2) is 9.21. The quantitative estimate of drug-likeness (QED) is 0.645. The van der Waals surface area contributed by atoms with Crippen molar-refractivity contribution in [3.63, 3.8) is 0 Å². The number of ether oxygens (including phenoxy) is 3. The fourth-order valence-electron chi connectivity index (χ4n) is 1.09. The highest BCUT2D eigenvalue weighted by Gasteiger charge is 2.05. The number of rotatable bonds is 10. The monoisotopic (exact) mass is 275 g/mol. The Kier molecular flexibility index (Phi) is 7.83. The first-order valence-corrected chi connectivity index (χ1v) is 6.79. The van der Waals surface area contributed by atoms with Gasteiger partial charge < -0.3 is 19.5 Å². The highest BCUT2D eigenvalue weighted by molar-refractivity contribution is 7.13. The fourth-order valence-corrected chi connectivity index (χ4v) is 1.75. The van der Waals surface area contributed by atoms with Crippen molar-refractivity contribution in [1.82, 2.24) is 15.5 Å². The molecular weight excluding hydrogens is 254 g/mol. The maximum atomic E-state index is 5.42. The van der Waals surface area contributed by atoms with Gasteiger partial charge >= 0.3 is 0 Å². The maximum absolute atomic E-state index is 5.42. The van der Waals surface area contributed by atoms with E-state index in [1.165, 1.54) is 11.3 Å². The second-order valence-corrected chi connectivity index (χ2v) is 4.98. The molecule has 0 spiro atoms. The van der Waals surface area contributed by atoms with Crippen LogP contribution in [-0.4, -0.2) is 49.8 Å². The first kappa shape index (κ1) is 15.3. The molecule has 18 heavy (non-hydrogen) atoms. The van der Waals surface area contributed by atoms with Gasteiger partial charge in [0.1, 0.15) is 11.6 Å². The number of methoxy groups -OCH3 is 1. The van der Waals surface area contributed by atoms with Crippen LogP contribution >= 0.6 is 11.3 Å². The number of hydrogen-bond acceptors (Lipinski definition) is 7. The Bertz CT molecular complexity index is 320. The molecule has 0 aromatic carbocycles. The highest BCUT2D eigenvalue weighted by atomic mass is 32.1. The van der Waals surface area contributed by atoms with Crippen LogP contribution in [0.5, 0.6) is 5.19 Å². The minimum absolute atomic E-state index is 0.437. The normalized spacial score (nSPS) is 11.1. The summed E-state index contributed by atoms with van der Waals surface area (Å²) in [5.74, 6) is 0. The van der Waals surface area contributed by atoms with Crippen molar-refractivity contribution in [2.24, 2.45) is 0 Å². The van der Waals surface area contributed by atoms with Crippen molar-refractivity contribution in [2.75, 3.05) is 33.5 Å². The van der Waals surface area contributed by atoms with E-state index in [1.54, 1.807) is 7.11 Å². The molecule has 0 saturated carbocycles. The fraction of sp³-hybridized carbons (Fsp3) is 0.818. The molecule has 1 N–H and O–H groups in total. The molecule has 7 heteroatoms. The second-order valence-electron chi connectivity index (χ2n) is 3.95. The van der Waals surface area contributed by atoms with Crippen molar-refractivity contribution in [2.45, 2.75) is 26.4 Å². The van der Waals surface area contributed by atoms with Gasteiger partial charge in [-0.2, -0.15) is 0 Å². The molecule has 0 bridgehead atoms.